The van der Waals surface area contributed by atoms with E-state index >= 15 is 0 Å². The van der Waals surface area contributed by atoms with Crippen LogP contribution in [-0.4, -0.2) is 49.7 Å². The summed E-state index contributed by atoms with van der Waals surface area (Å²) in [6, 6.07) is 11.7. The van der Waals surface area contributed by atoms with Crippen LogP contribution in [0.15, 0.2) is 41.8 Å². The lowest BCUT2D eigenvalue weighted by Gasteiger charge is -2.36. The fourth-order valence-electron chi connectivity index (χ4n) is 4.92. The van der Waals surface area contributed by atoms with Gasteiger partial charge in [-0.05, 0) is 87.1 Å². The molecule has 0 bridgehead atoms. The van der Waals surface area contributed by atoms with Crippen LogP contribution in [0.4, 0.5) is 0 Å². The van der Waals surface area contributed by atoms with E-state index in [-0.39, 0.29) is 5.91 Å². The highest BCUT2D eigenvalue weighted by Crippen LogP contribution is 2.28. The Labute approximate surface area is 196 Å². The molecule has 0 unspecified atom stereocenters. The van der Waals surface area contributed by atoms with Crippen molar-refractivity contribution in [1.29, 1.82) is 0 Å². The van der Waals surface area contributed by atoms with Crippen molar-refractivity contribution in [1.82, 2.24) is 10.2 Å². The zero-order valence-electron chi connectivity index (χ0n) is 19.4. The summed E-state index contributed by atoms with van der Waals surface area (Å²) in [5.41, 5.74) is 3.69. The topological polar surface area (TPSA) is 41.6 Å². The molecule has 172 valence electrons. The maximum absolute atomic E-state index is 12.5. The van der Waals surface area contributed by atoms with Crippen molar-refractivity contribution < 1.29 is 9.53 Å². The highest BCUT2D eigenvalue weighted by atomic mass is 32.1. The van der Waals surface area contributed by atoms with Gasteiger partial charge >= 0.3 is 0 Å². The van der Waals surface area contributed by atoms with Gasteiger partial charge in [0, 0.05) is 42.8 Å². The molecule has 4 rings (SSSR count). The number of benzene rings is 1. The number of aryl methyl sites for hydroxylation is 1. The van der Waals surface area contributed by atoms with Crippen LogP contribution in [0.1, 0.15) is 49.0 Å². The number of nitrogens with zero attached hydrogens (tertiary/aromatic N) is 1. The third-order valence-electron chi connectivity index (χ3n) is 6.96. The summed E-state index contributed by atoms with van der Waals surface area (Å²) in [7, 11) is 2.27. The molecular weight excluding hydrogens is 416 g/mol. The van der Waals surface area contributed by atoms with Gasteiger partial charge in [0.25, 0.3) is 0 Å². The van der Waals surface area contributed by atoms with Crippen molar-refractivity contribution in [3.05, 3.63) is 52.2 Å². The van der Waals surface area contributed by atoms with Gasteiger partial charge in [-0.25, -0.2) is 0 Å². The Balaban J connectivity index is 1.20. The number of nitrogens with one attached hydrogen (secondary N) is 1. The minimum atomic E-state index is 0.0260. The van der Waals surface area contributed by atoms with Gasteiger partial charge in [-0.3, -0.25) is 4.79 Å². The first-order chi connectivity index (χ1) is 15.6. The maximum atomic E-state index is 12.5. The lowest BCUT2D eigenvalue weighted by atomic mass is 9.85. The summed E-state index contributed by atoms with van der Waals surface area (Å²) >= 11 is 1.67. The van der Waals surface area contributed by atoms with Crippen LogP contribution in [0.3, 0.4) is 0 Å². The first-order valence-electron chi connectivity index (χ1n) is 12.0. The molecule has 1 amide bonds. The number of carbonyl (C=O) groups excluding carboxylic acids is 1. The van der Waals surface area contributed by atoms with Crippen molar-refractivity contribution >= 4 is 23.3 Å². The first-order valence-corrected chi connectivity index (χ1v) is 12.9. The van der Waals surface area contributed by atoms with Crippen LogP contribution < -0.4 is 5.32 Å². The third-order valence-corrected chi connectivity index (χ3v) is 7.85. The van der Waals surface area contributed by atoms with E-state index in [0.29, 0.717) is 12.1 Å². The van der Waals surface area contributed by atoms with Crippen molar-refractivity contribution in [3.8, 4) is 11.1 Å². The molecule has 2 fully saturated rings. The zero-order chi connectivity index (χ0) is 22.3. The van der Waals surface area contributed by atoms with Crippen LogP contribution in [0.5, 0.6) is 0 Å². The summed E-state index contributed by atoms with van der Waals surface area (Å²) in [4.78, 5) is 16.1. The van der Waals surface area contributed by atoms with Crippen LogP contribution in [-0.2, 0) is 9.53 Å². The summed E-state index contributed by atoms with van der Waals surface area (Å²) in [5, 5.41) is 5.37. The molecule has 4 nitrogen and oxygen atoms in total. The monoisotopic (exact) mass is 452 g/mol. The molecule has 1 saturated heterocycles. The second-order valence-electron chi connectivity index (χ2n) is 9.45. The van der Waals surface area contributed by atoms with Gasteiger partial charge in [0.05, 0.1) is 0 Å². The van der Waals surface area contributed by atoms with Gasteiger partial charge in [0.1, 0.15) is 0 Å². The minimum Gasteiger partial charge on any atom is -0.381 e. The minimum absolute atomic E-state index is 0.0260. The smallest absolute Gasteiger partial charge is 0.244 e. The molecule has 5 heteroatoms. The van der Waals surface area contributed by atoms with Crippen LogP contribution in [0, 0.1) is 12.8 Å². The van der Waals surface area contributed by atoms with Crippen molar-refractivity contribution in [2.45, 2.75) is 57.5 Å². The highest BCUT2D eigenvalue weighted by Gasteiger charge is 2.25. The third kappa shape index (κ3) is 6.53. The molecule has 0 radical (unpaired) electrons. The Morgan fingerprint density at radius 1 is 1.09 bits per heavy atom. The van der Waals surface area contributed by atoms with E-state index in [1.54, 1.807) is 17.4 Å². The van der Waals surface area contributed by atoms with E-state index in [0.717, 1.165) is 49.7 Å². The molecule has 2 heterocycles. The highest BCUT2D eigenvalue weighted by molar-refractivity contribution is 7.11. The molecule has 32 heavy (non-hydrogen) atoms. The van der Waals surface area contributed by atoms with Gasteiger partial charge < -0.3 is 15.0 Å². The molecule has 1 aromatic carbocycles. The van der Waals surface area contributed by atoms with Crippen molar-refractivity contribution in [2.24, 2.45) is 5.92 Å². The predicted molar refractivity (Wildman–Crippen MR) is 134 cm³/mol. The normalized spacial score (nSPS) is 22.5. The zero-order valence-corrected chi connectivity index (χ0v) is 20.2. The number of thiophene rings is 1. The summed E-state index contributed by atoms with van der Waals surface area (Å²) in [6.45, 7) is 5.08. The quantitative estimate of drug-likeness (QED) is 0.562. The number of amides is 1. The van der Waals surface area contributed by atoms with E-state index in [1.807, 2.05) is 6.08 Å². The van der Waals surface area contributed by atoms with Gasteiger partial charge in [-0.2, -0.15) is 0 Å². The predicted octanol–water partition coefficient (Wildman–Crippen LogP) is 5.52. The average Bonchev–Trinajstić information content (AvgIpc) is 3.29. The first kappa shape index (κ1) is 23.2. The molecule has 1 aliphatic heterocycles. The fourth-order valence-corrected chi connectivity index (χ4v) is 5.73. The molecular formula is C27H36N2O2S. The lowest BCUT2D eigenvalue weighted by molar-refractivity contribution is -0.117. The van der Waals surface area contributed by atoms with Crippen molar-refractivity contribution in [3.63, 3.8) is 0 Å². The summed E-state index contributed by atoms with van der Waals surface area (Å²) < 4.78 is 5.49. The Hall–Kier alpha value is -1.95. The standard InChI is InChI=1S/C27H36N2O2S/c1-20-3-7-22(8-4-20)23-17-26(32-19-23)11-12-27(30)28-24-9-5-21(6-10-24)18-29(2)25-13-15-31-16-14-25/h3-4,7-8,11-12,17,19,21,24-25H,5-6,9-10,13-16,18H2,1-2H3,(H,28,30). The van der Waals surface area contributed by atoms with E-state index < -0.39 is 0 Å². The van der Waals surface area contributed by atoms with Gasteiger partial charge in [-0.1, -0.05) is 29.8 Å². The van der Waals surface area contributed by atoms with Gasteiger partial charge in [0.15, 0.2) is 0 Å². The molecule has 1 aliphatic carbocycles. The van der Waals surface area contributed by atoms with E-state index in [4.69, 9.17) is 4.74 Å². The molecule has 2 aromatic rings. The SMILES string of the molecule is Cc1ccc(-c2csc(C=CC(=O)NC3CCC(CN(C)C4CCOCC4)CC3)c2)cc1. The van der Waals surface area contributed by atoms with Crippen LogP contribution in [0.2, 0.25) is 0 Å². The Morgan fingerprint density at radius 3 is 2.53 bits per heavy atom. The van der Waals surface area contributed by atoms with Crippen LogP contribution >= 0.6 is 11.3 Å². The molecule has 1 N–H and O–H groups in total. The molecule has 0 spiro atoms. The second-order valence-corrected chi connectivity index (χ2v) is 10.4. The van der Waals surface area contributed by atoms with Crippen molar-refractivity contribution in [2.75, 3.05) is 26.8 Å². The lowest BCUT2D eigenvalue weighted by Crippen LogP contribution is -2.42. The molecule has 0 atom stereocenters. The Morgan fingerprint density at radius 2 is 1.81 bits per heavy atom. The number of ether oxygens (including phenoxy) is 1. The van der Waals surface area contributed by atoms with Gasteiger partial charge in [0.2, 0.25) is 5.91 Å². The summed E-state index contributed by atoms with van der Waals surface area (Å²) in [5.74, 6) is 0.774. The number of rotatable bonds is 7. The van der Waals surface area contributed by atoms with Gasteiger partial charge in [-0.15, -0.1) is 11.3 Å². The maximum Gasteiger partial charge on any atom is 0.244 e. The number of hydrogen-bond donors (Lipinski definition) is 1. The Bertz CT molecular complexity index is 891. The summed E-state index contributed by atoms with van der Waals surface area (Å²) in [6.07, 6.45) is 10.5. The van der Waals surface area contributed by atoms with E-state index in [1.165, 1.54) is 36.1 Å². The number of carbonyl (C=O) groups is 1. The fraction of sp³-hybridized carbons (Fsp3) is 0.519. The van der Waals surface area contributed by atoms with Crippen LogP contribution in [0.25, 0.3) is 17.2 Å². The van der Waals surface area contributed by atoms with E-state index in [9.17, 15) is 4.79 Å². The number of hydrogen-bond acceptors (Lipinski definition) is 4. The second kappa shape index (κ2) is 11.3. The average molecular weight is 453 g/mol. The largest absolute Gasteiger partial charge is 0.381 e. The Kier molecular flexibility index (Phi) is 8.17. The van der Waals surface area contributed by atoms with E-state index in [2.05, 4.69) is 59.9 Å². The molecule has 1 aromatic heterocycles. The molecule has 2 aliphatic rings. The molecule has 1 saturated carbocycles.